The van der Waals surface area contributed by atoms with Crippen LogP contribution < -0.4 is 10.6 Å². The normalized spacial score (nSPS) is 11.2. The van der Waals surface area contributed by atoms with E-state index in [2.05, 4.69) is 15.6 Å². The summed E-state index contributed by atoms with van der Waals surface area (Å²) in [5.41, 5.74) is -0.624. The maximum absolute atomic E-state index is 11.7. The monoisotopic (exact) mass is 227 g/mol. The third-order valence-electron chi connectivity index (χ3n) is 2.16. The molecule has 4 nitrogen and oxygen atoms in total. The third-order valence-corrected chi connectivity index (χ3v) is 2.39. The molecule has 1 aromatic rings. The number of likely N-dealkylation sites (N-methyl/N-ethyl adjacent to an activating group) is 1. The van der Waals surface area contributed by atoms with E-state index in [9.17, 15) is 4.79 Å². The SMILES string of the molecule is CNC(C)(C)C(=O)Nc1ccc(Cl)cn1. The fourth-order valence-electron chi connectivity index (χ4n) is 0.836. The molecule has 0 fully saturated rings. The lowest BCUT2D eigenvalue weighted by Crippen LogP contribution is -2.48. The van der Waals surface area contributed by atoms with Gasteiger partial charge < -0.3 is 10.6 Å². The first-order valence-corrected chi connectivity index (χ1v) is 4.95. The van der Waals surface area contributed by atoms with Gasteiger partial charge in [-0.1, -0.05) is 11.6 Å². The van der Waals surface area contributed by atoms with Crippen molar-refractivity contribution in [1.29, 1.82) is 0 Å². The average Bonchev–Trinajstić information content (AvgIpc) is 2.21. The molecule has 0 aliphatic heterocycles. The van der Waals surface area contributed by atoms with Gasteiger partial charge in [0.05, 0.1) is 10.6 Å². The zero-order valence-electron chi connectivity index (χ0n) is 8.97. The number of hydrogen-bond acceptors (Lipinski definition) is 3. The summed E-state index contributed by atoms with van der Waals surface area (Å²) in [6.07, 6.45) is 1.49. The molecule has 0 aliphatic rings. The van der Waals surface area contributed by atoms with Crippen LogP contribution in [0.5, 0.6) is 0 Å². The van der Waals surface area contributed by atoms with Gasteiger partial charge in [0.25, 0.3) is 0 Å². The topological polar surface area (TPSA) is 54.0 Å². The van der Waals surface area contributed by atoms with Crippen LogP contribution in [0.3, 0.4) is 0 Å². The zero-order chi connectivity index (χ0) is 11.5. The lowest BCUT2D eigenvalue weighted by Gasteiger charge is -2.22. The van der Waals surface area contributed by atoms with Gasteiger partial charge in [-0.05, 0) is 33.0 Å². The predicted molar refractivity (Wildman–Crippen MR) is 61.0 cm³/mol. The van der Waals surface area contributed by atoms with Crippen LogP contribution in [-0.2, 0) is 4.79 Å². The van der Waals surface area contributed by atoms with Crippen LogP contribution >= 0.6 is 11.6 Å². The summed E-state index contributed by atoms with van der Waals surface area (Å²) in [7, 11) is 1.73. The standard InChI is InChI=1S/C10H14ClN3O/c1-10(2,12-3)9(15)14-8-5-4-7(11)6-13-8/h4-6,12H,1-3H3,(H,13,14,15). The van der Waals surface area contributed by atoms with E-state index < -0.39 is 5.54 Å². The smallest absolute Gasteiger partial charge is 0.245 e. The van der Waals surface area contributed by atoms with E-state index in [1.54, 1.807) is 33.0 Å². The molecule has 1 heterocycles. The van der Waals surface area contributed by atoms with Crippen LogP contribution in [-0.4, -0.2) is 23.5 Å². The molecular formula is C10H14ClN3O. The molecule has 0 aliphatic carbocycles. The van der Waals surface area contributed by atoms with Gasteiger partial charge in [-0.3, -0.25) is 4.79 Å². The van der Waals surface area contributed by atoms with Crippen molar-refractivity contribution in [1.82, 2.24) is 10.3 Å². The van der Waals surface area contributed by atoms with E-state index >= 15 is 0 Å². The van der Waals surface area contributed by atoms with Crippen LogP contribution in [0.2, 0.25) is 5.02 Å². The highest BCUT2D eigenvalue weighted by atomic mass is 35.5. The Morgan fingerprint density at radius 3 is 2.60 bits per heavy atom. The number of nitrogens with one attached hydrogen (secondary N) is 2. The second-order valence-corrected chi connectivity index (χ2v) is 4.13. The average molecular weight is 228 g/mol. The van der Waals surface area contributed by atoms with Crippen molar-refractivity contribution in [2.75, 3.05) is 12.4 Å². The van der Waals surface area contributed by atoms with Crippen LogP contribution in [0.25, 0.3) is 0 Å². The number of halogens is 1. The van der Waals surface area contributed by atoms with Gasteiger partial charge >= 0.3 is 0 Å². The number of anilines is 1. The van der Waals surface area contributed by atoms with Crippen LogP contribution in [0.15, 0.2) is 18.3 Å². The Morgan fingerprint density at radius 1 is 1.47 bits per heavy atom. The summed E-state index contributed by atoms with van der Waals surface area (Å²) in [5.74, 6) is 0.354. The van der Waals surface area contributed by atoms with E-state index in [0.717, 1.165) is 0 Å². The Kier molecular flexibility index (Phi) is 3.66. The number of carbonyl (C=O) groups excluding carboxylic acids is 1. The Morgan fingerprint density at radius 2 is 2.13 bits per heavy atom. The fraction of sp³-hybridized carbons (Fsp3) is 0.400. The molecule has 1 amide bonds. The van der Waals surface area contributed by atoms with Gasteiger partial charge in [-0.15, -0.1) is 0 Å². The van der Waals surface area contributed by atoms with Crippen LogP contribution in [0.1, 0.15) is 13.8 Å². The van der Waals surface area contributed by atoms with Crippen molar-refractivity contribution >= 4 is 23.3 Å². The van der Waals surface area contributed by atoms with Gasteiger partial charge in [0, 0.05) is 6.20 Å². The summed E-state index contributed by atoms with van der Waals surface area (Å²) < 4.78 is 0. The second-order valence-electron chi connectivity index (χ2n) is 3.69. The van der Waals surface area contributed by atoms with Crippen molar-refractivity contribution in [2.45, 2.75) is 19.4 Å². The minimum Gasteiger partial charge on any atom is -0.309 e. The van der Waals surface area contributed by atoms with Crippen molar-refractivity contribution in [2.24, 2.45) is 0 Å². The molecule has 82 valence electrons. The van der Waals surface area contributed by atoms with Crippen molar-refractivity contribution in [3.05, 3.63) is 23.4 Å². The van der Waals surface area contributed by atoms with Gasteiger partial charge in [-0.2, -0.15) is 0 Å². The molecule has 1 aromatic heterocycles. The number of pyridine rings is 1. The first-order valence-electron chi connectivity index (χ1n) is 4.57. The lowest BCUT2D eigenvalue weighted by atomic mass is 10.1. The van der Waals surface area contributed by atoms with E-state index in [0.29, 0.717) is 10.8 Å². The first kappa shape index (κ1) is 11.9. The molecular weight excluding hydrogens is 214 g/mol. The molecule has 0 spiro atoms. The summed E-state index contributed by atoms with van der Waals surface area (Å²) >= 11 is 5.68. The number of aromatic nitrogens is 1. The lowest BCUT2D eigenvalue weighted by molar-refractivity contribution is -0.121. The summed E-state index contributed by atoms with van der Waals surface area (Å²) in [4.78, 5) is 15.7. The second kappa shape index (κ2) is 4.59. The van der Waals surface area contributed by atoms with E-state index in [4.69, 9.17) is 11.6 Å². The fourth-order valence-corrected chi connectivity index (χ4v) is 0.948. The van der Waals surface area contributed by atoms with Crippen molar-refractivity contribution in [3.8, 4) is 0 Å². The Labute approximate surface area is 94.0 Å². The molecule has 5 heteroatoms. The summed E-state index contributed by atoms with van der Waals surface area (Å²) in [6, 6.07) is 3.34. The number of rotatable bonds is 3. The minimum atomic E-state index is -0.624. The third kappa shape index (κ3) is 3.18. The number of hydrogen-bond donors (Lipinski definition) is 2. The molecule has 0 saturated heterocycles. The molecule has 0 radical (unpaired) electrons. The quantitative estimate of drug-likeness (QED) is 0.826. The molecule has 0 saturated carbocycles. The number of nitrogens with zero attached hydrogens (tertiary/aromatic N) is 1. The molecule has 0 atom stereocenters. The highest BCUT2D eigenvalue weighted by molar-refractivity contribution is 6.30. The van der Waals surface area contributed by atoms with E-state index in [-0.39, 0.29) is 5.91 Å². The molecule has 2 N–H and O–H groups in total. The number of carbonyl (C=O) groups is 1. The van der Waals surface area contributed by atoms with Crippen LogP contribution in [0.4, 0.5) is 5.82 Å². The molecule has 1 rings (SSSR count). The van der Waals surface area contributed by atoms with E-state index in [1.165, 1.54) is 6.20 Å². The highest BCUT2D eigenvalue weighted by Crippen LogP contribution is 2.11. The molecule has 0 bridgehead atoms. The Bertz CT molecular complexity index is 348. The predicted octanol–water partition coefficient (Wildman–Crippen LogP) is 1.67. The van der Waals surface area contributed by atoms with Gasteiger partial charge in [0.15, 0.2) is 0 Å². The van der Waals surface area contributed by atoms with Gasteiger partial charge in [0.2, 0.25) is 5.91 Å². The zero-order valence-corrected chi connectivity index (χ0v) is 9.72. The maximum atomic E-state index is 11.7. The largest absolute Gasteiger partial charge is 0.309 e. The summed E-state index contributed by atoms with van der Waals surface area (Å²) in [5, 5.41) is 6.14. The highest BCUT2D eigenvalue weighted by Gasteiger charge is 2.25. The summed E-state index contributed by atoms with van der Waals surface area (Å²) in [6.45, 7) is 3.58. The van der Waals surface area contributed by atoms with Gasteiger partial charge in [0.1, 0.15) is 5.82 Å². The number of amides is 1. The Balaban J connectivity index is 2.71. The van der Waals surface area contributed by atoms with Crippen LogP contribution in [0, 0.1) is 0 Å². The maximum Gasteiger partial charge on any atom is 0.245 e. The minimum absolute atomic E-state index is 0.139. The van der Waals surface area contributed by atoms with Crippen molar-refractivity contribution < 1.29 is 4.79 Å². The molecule has 0 aromatic carbocycles. The van der Waals surface area contributed by atoms with Crippen molar-refractivity contribution in [3.63, 3.8) is 0 Å². The molecule has 0 unspecified atom stereocenters. The Hall–Kier alpha value is -1.13. The molecule has 15 heavy (non-hydrogen) atoms. The first-order chi connectivity index (χ1) is 6.95. The van der Waals surface area contributed by atoms with Gasteiger partial charge in [-0.25, -0.2) is 4.98 Å². The van der Waals surface area contributed by atoms with E-state index in [1.807, 2.05) is 0 Å².